The summed E-state index contributed by atoms with van der Waals surface area (Å²) in [4.78, 5) is 9.51. The van der Waals surface area contributed by atoms with E-state index >= 15 is 0 Å². The summed E-state index contributed by atoms with van der Waals surface area (Å²) in [5.74, 6) is 1.31. The molecule has 1 aromatic carbocycles. The summed E-state index contributed by atoms with van der Waals surface area (Å²) in [5, 5.41) is 0.452. The predicted octanol–water partition coefficient (Wildman–Crippen LogP) is 4.68. The minimum Gasteiger partial charge on any atom is -0.237 e. The maximum absolute atomic E-state index is 13.1. The van der Waals surface area contributed by atoms with Gasteiger partial charge in [-0.15, -0.1) is 11.8 Å². The maximum Gasteiger partial charge on any atom is 0.140 e. The van der Waals surface area contributed by atoms with Gasteiger partial charge >= 0.3 is 0 Å². The summed E-state index contributed by atoms with van der Waals surface area (Å²) < 4.78 is 13.1. The molecule has 100 valence electrons. The van der Waals surface area contributed by atoms with E-state index in [9.17, 15) is 4.39 Å². The van der Waals surface area contributed by atoms with Gasteiger partial charge in [0.05, 0.1) is 5.75 Å². The molecule has 0 aliphatic carbocycles. The summed E-state index contributed by atoms with van der Waals surface area (Å²) >= 11 is 7.47. The molecule has 2 aromatic rings. The molecule has 5 heteroatoms. The zero-order valence-corrected chi connectivity index (χ0v) is 12.3. The Balaban J connectivity index is 2.11. The Bertz CT molecular complexity index is 575. The molecule has 2 rings (SSSR count). The van der Waals surface area contributed by atoms with E-state index in [4.69, 9.17) is 11.6 Å². The quantitative estimate of drug-likeness (QED) is 0.605. The van der Waals surface area contributed by atoms with Crippen molar-refractivity contribution in [3.63, 3.8) is 0 Å². The smallest absolute Gasteiger partial charge is 0.140 e. The van der Waals surface area contributed by atoms with Crippen molar-refractivity contribution in [1.82, 2.24) is 9.97 Å². The van der Waals surface area contributed by atoms with Crippen LogP contribution in [0.2, 0.25) is 5.15 Å². The number of hydrogen-bond donors (Lipinski definition) is 0. The van der Waals surface area contributed by atoms with Crippen LogP contribution in [0.15, 0.2) is 35.2 Å². The zero-order chi connectivity index (χ0) is 13.8. The maximum atomic E-state index is 13.1. The van der Waals surface area contributed by atoms with Crippen molar-refractivity contribution in [1.29, 1.82) is 0 Å². The molecule has 0 fully saturated rings. The van der Waals surface area contributed by atoms with Crippen molar-refractivity contribution >= 4 is 23.4 Å². The number of benzene rings is 1. The molecular formula is C14H14ClFN2S. The van der Waals surface area contributed by atoms with E-state index < -0.39 is 0 Å². The number of hydrogen-bond acceptors (Lipinski definition) is 3. The predicted molar refractivity (Wildman–Crippen MR) is 77.1 cm³/mol. The summed E-state index contributed by atoms with van der Waals surface area (Å²) in [7, 11) is 0. The summed E-state index contributed by atoms with van der Waals surface area (Å²) in [6, 6.07) is 8.26. The van der Waals surface area contributed by atoms with Crippen molar-refractivity contribution in [2.75, 3.05) is 0 Å². The monoisotopic (exact) mass is 296 g/mol. The molecule has 2 nitrogen and oxygen atoms in total. The van der Waals surface area contributed by atoms with E-state index in [0.717, 1.165) is 10.6 Å². The molecular weight excluding hydrogens is 283 g/mol. The first-order chi connectivity index (χ1) is 9.04. The van der Waals surface area contributed by atoms with Gasteiger partial charge in [-0.05, 0) is 30.2 Å². The Morgan fingerprint density at radius 1 is 1.26 bits per heavy atom. The van der Waals surface area contributed by atoms with Gasteiger partial charge < -0.3 is 0 Å². The van der Waals surface area contributed by atoms with Crippen LogP contribution in [0.1, 0.15) is 31.3 Å². The Hall–Kier alpha value is -1.13. The molecule has 0 bridgehead atoms. The van der Waals surface area contributed by atoms with E-state index in [1.165, 1.54) is 23.9 Å². The molecule has 0 aliphatic rings. The van der Waals surface area contributed by atoms with Crippen LogP contribution in [-0.2, 0) is 5.75 Å². The number of nitrogens with zero attached hydrogens (tertiary/aromatic N) is 2. The third-order valence-corrected chi connectivity index (χ3v) is 3.70. The largest absolute Gasteiger partial charge is 0.237 e. The average molecular weight is 297 g/mol. The molecule has 19 heavy (non-hydrogen) atoms. The van der Waals surface area contributed by atoms with Crippen LogP contribution in [0.3, 0.4) is 0 Å². The fraction of sp³-hybridized carbons (Fsp3) is 0.286. The SMILES string of the molecule is CC(C)c1cc(Cl)nc(CSc2cccc(F)c2)n1. The molecule has 0 radical (unpaired) electrons. The van der Waals surface area contributed by atoms with Crippen LogP contribution in [0.25, 0.3) is 0 Å². The molecule has 1 aromatic heterocycles. The summed E-state index contributed by atoms with van der Waals surface area (Å²) in [5.41, 5.74) is 0.926. The highest BCUT2D eigenvalue weighted by Gasteiger charge is 2.07. The fourth-order valence-electron chi connectivity index (χ4n) is 1.55. The highest BCUT2D eigenvalue weighted by Crippen LogP contribution is 2.23. The number of halogens is 2. The van der Waals surface area contributed by atoms with Crippen LogP contribution in [0, 0.1) is 5.82 Å². The van der Waals surface area contributed by atoms with Crippen LogP contribution in [0.4, 0.5) is 4.39 Å². The highest BCUT2D eigenvalue weighted by molar-refractivity contribution is 7.98. The van der Waals surface area contributed by atoms with Gasteiger partial charge in [0.1, 0.15) is 16.8 Å². The van der Waals surface area contributed by atoms with Gasteiger partial charge in [-0.2, -0.15) is 0 Å². The number of aromatic nitrogens is 2. The molecule has 0 saturated carbocycles. The van der Waals surface area contributed by atoms with E-state index in [1.54, 1.807) is 12.1 Å². The van der Waals surface area contributed by atoms with Crippen molar-refractivity contribution in [2.24, 2.45) is 0 Å². The van der Waals surface area contributed by atoms with Gasteiger partial charge in [-0.1, -0.05) is 31.5 Å². The van der Waals surface area contributed by atoms with Gasteiger partial charge in [-0.3, -0.25) is 0 Å². The van der Waals surface area contributed by atoms with Crippen LogP contribution < -0.4 is 0 Å². The number of rotatable bonds is 4. The minimum absolute atomic E-state index is 0.236. The molecule has 0 amide bonds. The fourth-order valence-corrected chi connectivity index (χ4v) is 2.55. The van der Waals surface area contributed by atoms with Crippen molar-refractivity contribution in [2.45, 2.75) is 30.4 Å². The second kappa shape index (κ2) is 6.35. The summed E-state index contributed by atoms with van der Waals surface area (Å²) in [6.45, 7) is 4.12. The Morgan fingerprint density at radius 3 is 2.74 bits per heavy atom. The van der Waals surface area contributed by atoms with E-state index in [-0.39, 0.29) is 5.82 Å². The van der Waals surface area contributed by atoms with Crippen LogP contribution in [0.5, 0.6) is 0 Å². The molecule has 0 spiro atoms. The first kappa shape index (κ1) is 14.3. The zero-order valence-electron chi connectivity index (χ0n) is 10.7. The Morgan fingerprint density at radius 2 is 2.05 bits per heavy atom. The first-order valence-electron chi connectivity index (χ1n) is 5.96. The third-order valence-electron chi connectivity index (χ3n) is 2.52. The highest BCUT2D eigenvalue weighted by atomic mass is 35.5. The molecule has 1 heterocycles. The van der Waals surface area contributed by atoms with Gasteiger partial charge in [0.15, 0.2) is 0 Å². The minimum atomic E-state index is -0.236. The molecule has 0 saturated heterocycles. The second-order valence-corrected chi connectivity index (χ2v) is 5.87. The average Bonchev–Trinajstić information content (AvgIpc) is 2.36. The van der Waals surface area contributed by atoms with E-state index in [0.29, 0.717) is 22.6 Å². The first-order valence-corrected chi connectivity index (χ1v) is 7.32. The van der Waals surface area contributed by atoms with Gasteiger partial charge in [-0.25, -0.2) is 14.4 Å². The Kier molecular flexibility index (Phi) is 4.77. The summed E-state index contributed by atoms with van der Waals surface area (Å²) in [6.07, 6.45) is 0. The molecule has 0 N–H and O–H groups in total. The van der Waals surface area contributed by atoms with Gasteiger partial charge in [0.25, 0.3) is 0 Å². The van der Waals surface area contributed by atoms with Crippen molar-refractivity contribution < 1.29 is 4.39 Å². The van der Waals surface area contributed by atoms with E-state index in [2.05, 4.69) is 23.8 Å². The number of thioether (sulfide) groups is 1. The Labute approximate surface area is 121 Å². The van der Waals surface area contributed by atoms with Crippen molar-refractivity contribution in [3.05, 3.63) is 52.8 Å². The third kappa shape index (κ3) is 4.18. The lowest BCUT2D eigenvalue weighted by molar-refractivity contribution is 0.624. The van der Waals surface area contributed by atoms with Gasteiger partial charge in [0.2, 0.25) is 0 Å². The molecule has 0 atom stereocenters. The lowest BCUT2D eigenvalue weighted by atomic mass is 10.1. The standard InChI is InChI=1S/C14H14ClFN2S/c1-9(2)12-7-13(15)18-14(17-12)8-19-11-5-3-4-10(16)6-11/h3-7,9H,8H2,1-2H3. The molecule has 0 aliphatic heterocycles. The lowest BCUT2D eigenvalue weighted by Crippen LogP contribution is -2.00. The normalized spacial score (nSPS) is 11.0. The molecule has 0 unspecified atom stereocenters. The lowest BCUT2D eigenvalue weighted by Gasteiger charge is -2.07. The van der Waals surface area contributed by atoms with E-state index in [1.807, 2.05) is 6.07 Å². The topological polar surface area (TPSA) is 25.8 Å². The second-order valence-electron chi connectivity index (χ2n) is 4.43. The van der Waals surface area contributed by atoms with Gasteiger partial charge in [0, 0.05) is 10.6 Å². The van der Waals surface area contributed by atoms with Crippen LogP contribution >= 0.6 is 23.4 Å². The van der Waals surface area contributed by atoms with Crippen LogP contribution in [-0.4, -0.2) is 9.97 Å². The van der Waals surface area contributed by atoms with Crippen molar-refractivity contribution in [3.8, 4) is 0 Å².